The van der Waals surface area contributed by atoms with Gasteiger partial charge in [-0.05, 0) is 26.0 Å². The molecular formula is C12H19N3O2. The average Bonchev–Trinajstić information content (AvgIpc) is 2.28. The molecule has 1 aromatic heterocycles. The molecular weight excluding hydrogens is 218 g/mol. The third-order valence-corrected chi connectivity index (χ3v) is 2.27. The summed E-state index contributed by atoms with van der Waals surface area (Å²) in [5.41, 5.74) is 2.53. The first-order valence-corrected chi connectivity index (χ1v) is 5.57. The Hall–Kier alpha value is -1.46. The van der Waals surface area contributed by atoms with Gasteiger partial charge < -0.3 is 15.4 Å². The molecule has 0 saturated heterocycles. The standard InChI is InChI=1S/C12H19N3O2/c1-9-4-5-11(10(2)14-9)15-12(16)8-13-6-7-17-3/h4-5,13H,6-8H2,1-3H3,(H,15,16). The van der Waals surface area contributed by atoms with Gasteiger partial charge in [0.05, 0.1) is 24.5 Å². The summed E-state index contributed by atoms with van der Waals surface area (Å²) >= 11 is 0. The number of nitrogens with one attached hydrogen (secondary N) is 2. The summed E-state index contributed by atoms with van der Waals surface area (Å²) in [5, 5.41) is 5.79. The number of hydrogen-bond acceptors (Lipinski definition) is 4. The van der Waals surface area contributed by atoms with E-state index in [4.69, 9.17) is 4.74 Å². The normalized spacial score (nSPS) is 10.3. The summed E-state index contributed by atoms with van der Waals surface area (Å²) in [4.78, 5) is 15.9. The molecule has 0 spiro atoms. The fourth-order valence-electron chi connectivity index (χ4n) is 1.39. The summed E-state index contributed by atoms with van der Waals surface area (Å²) in [6, 6.07) is 3.74. The second-order valence-corrected chi connectivity index (χ2v) is 3.80. The molecule has 0 fully saturated rings. The van der Waals surface area contributed by atoms with Crippen molar-refractivity contribution in [1.29, 1.82) is 0 Å². The number of rotatable bonds is 6. The smallest absolute Gasteiger partial charge is 0.238 e. The summed E-state index contributed by atoms with van der Waals surface area (Å²) in [6.45, 7) is 5.33. The van der Waals surface area contributed by atoms with Gasteiger partial charge in [0.15, 0.2) is 0 Å². The zero-order chi connectivity index (χ0) is 12.7. The van der Waals surface area contributed by atoms with Crippen molar-refractivity contribution < 1.29 is 9.53 Å². The van der Waals surface area contributed by atoms with E-state index in [0.717, 1.165) is 17.1 Å². The average molecular weight is 237 g/mol. The highest BCUT2D eigenvalue weighted by Crippen LogP contribution is 2.11. The Balaban J connectivity index is 2.40. The molecule has 94 valence electrons. The van der Waals surface area contributed by atoms with Crippen LogP contribution in [0.4, 0.5) is 5.69 Å². The molecule has 1 aromatic rings. The van der Waals surface area contributed by atoms with Gasteiger partial charge in [-0.3, -0.25) is 9.78 Å². The largest absolute Gasteiger partial charge is 0.383 e. The SMILES string of the molecule is COCCNCC(=O)Nc1ccc(C)nc1C. The van der Waals surface area contributed by atoms with Crippen LogP contribution in [-0.4, -0.2) is 37.7 Å². The Labute approximate surface area is 102 Å². The predicted molar refractivity (Wildman–Crippen MR) is 67.1 cm³/mol. The molecule has 1 amide bonds. The van der Waals surface area contributed by atoms with Crippen molar-refractivity contribution in [2.24, 2.45) is 0 Å². The van der Waals surface area contributed by atoms with Gasteiger partial charge in [-0.15, -0.1) is 0 Å². The van der Waals surface area contributed by atoms with Gasteiger partial charge >= 0.3 is 0 Å². The van der Waals surface area contributed by atoms with E-state index in [1.807, 2.05) is 26.0 Å². The van der Waals surface area contributed by atoms with Crippen LogP contribution in [0.5, 0.6) is 0 Å². The number of hydrogen-bond donors (Lipinski definition) is 2. The second kappa shape index (κ2) is 6.98. The number of amides is 1. The zero-order valence-electron chi connectivity index (χ0n) is 10.5. The van der Waals surface area contributed by atoms with Gasteiger partial charge in [-0.2, -0.15) is 0 Å². The Bertz CT molecular complexity index is 380. The molecule has 0 saturated carbocycles. The molecule has 0 atom stereocenters. The lowest BCUT2D eigenvalue weighted by Crippen LogP contribution is -2.30. The van der Waals surface area contributed by atoms with Crippen LogP contribution < -0.4 is 10.6 Å². The first kappa shape index (κ1) is 13.6. The van der Waals surface area contributed by atoms with Crippen LogP contribution >= 0.6 is 0 Å². The van der Waals surface area contributed by atoms with Crippen LogP contribution in [0, 0.1) is 13.8 Å². The van der Waals surface area contributed by atoms with Gasteiger partial charge in [-0.25, -0.2) is 0 Å². The molecule has 0 bridgehead atoms. The van der Waals surface area contributed by atoms with E-state index in [1.165, 1.54) is 0 Å². The molecule has 0 radical (unpaired) electrons. The number of carbonyl (C=O) groups is 1. The minimum absolute atomic E-state index is 0.0742. The highest BCUT2D eigenvalue weighted by molar-refractivity contribution is 5.92. The first-order valence-electron chi connectivity index (χ1n) is 5.57. The van der Waals surface area contributed by atoms with Crippen LogP contribution in [0.1, 0.15) is 11.4 Å². The quantitative estimate of drug-likeness (QED) is 0.721. The monoisotopic (exact) mass is 237 g/mol. The molecule has 0 aliphatic carbocycles. The number of aromatic nitrogens is 1. The summed E-state index contributed by atoms with van der Waals surface area (Å²) in [5.74, 6) is -0.0742. The van der Waals surface area contributed by atoms with E-state index in [1.54, 1.807) is 7.11 Å². The Morgan fingerprint density at radius 2 is 2.18 bits per heavy atom. The fourth-order valence-corrected chi connectivity index (χ4v) is 1.39. The van der Waals surface area contributed by atoms with E-state index in [0.29, 0.717) is 13.2 Å². The zero-order valence-corrected chi connectivity index (χ0v) is 10.5. The number of carbonyl (C=O) groups excluding carboxylic acids is 1. The molecule has 5 heteroatoms. The maximum absolute atomic E-state index is 11.6. The predicted octanol–water partition coefficient (Wildman–Crippen LogP) is 0.873. The molecule has 0 aliphatic heterocycles. The van der Waals surface area contributed by atoms with Crippen molar-refractivity contribution in [3.8, 4) is 0 Å². The number of pyridine rings is 1. The van der Waals surface area contributed by atoms with Gasteiger partial charge in [0.1, 0.15) is 0 Å². The lowest BCUT2D eigenvalue weighted by Gasteiger charge is -2.09. The number of ether oxygens (including phenoxy) is 1. The third-order valence-electron chi connectivity index (χ3n) is 2.27. The number of anilines is 1. The van der Waals surface area contributed by atoms with E-state index in [-0.39, 0.29) is 12.5 Å². The maximum Gasteiger partial charge on any atom is 0.238 e. The van der Waals surface area contributed by atoms with Gasteiger partial charge in [0.25, 0.3) is 0 Å². The minimum atomic E-state index is -0.0742. The van der Waals surface area contributed by atoms with E-state index >= 15 is 0 Å². The lowest BCUT2D eigenvalue weighted by molar-refractivity contribution is -0.115. The minimum Gasteiger partial charge on any atom is -0.383 e. The fraction of sp³-hybridized carbons (Fsp3) is 0.500. The number of methoxy groups -OCH3 is 1. The van der Waals surface area contributed by atoms with Crippen molar-refractivity contribution in [3.63, 3.8) is 0 Å². The summed E-state index contributed by atoms with van der Waals surface area (Å²) < 4.78 is 4.87. The number of nitrogens with zero attached hydrogens (tertiary/aromatic N) is 1. The number of aryl methyl sites for hydroxylation is 2. The first-order chi connectivity index (χ1) is 8.13. The van der Waals surface area contributed by atoms with E-state index in [2.05, 4.69) is 15.6 Å². The lowest BCUT2D eigenvalue weighted by atomic mass is 10.2. The van der Waals surface area contributed by atoms with Crippen molar-refractivity contribution >= 4 is 11.6 Å². The third kappa shape index (κ3) is 4.93. The molecule has 1 rings (SSSR count). The highest BCUT2D eigenvalue weighted by Gasteiger charge is 2.04. The van der Waals surface area contributed by atoms with E-state index in [9.17, 15) is 4.79 Å². The second-order valence-electron chi connectivity index (χ2n) is 3.80. The Morgan fingerprint density at radius 3 is 2.82 bits per heavy atom. The van der Waals surface area contributed by atoms with Crippen LogP contribution in [0.2, 0.25) is 0 Å². The van der Waals surface area contributed by atoms with Crippen LogP contribution in [0.25, 0.3) is 0 Å². The Kier molecular flexibility index (Phi) is 5.59. The van der Waals surface area contributed by atoms with E-state index < -0.39 is 0 Å². The van der Waals surface area contributed by atoms with Gasteiger partial charge in [0.2, 0.25) is 5.91 Å². The van der Waals surface area contributed by atoms with Crippen LogP contribution in [-0.2, 0) is 9.53 Å². The van der Waals surface area contributed by atoms with Gasteiger partial charge in [-0.1, -0.05) is 0 Å². The van der Waals surface area contributed by atoms with Crippen molar-refractivity contribution in [2.45, 2.75) is 13.8 Å². The van der Waals surface area contributed by atoms with Crippen LogP contribution in [0.15, 0.2) is 12.1 Å². The summed E-state index contributed by atoms with van der Waals surface area (Å²) in [7, 11) is 1.63. The molecule has 0 aromatic carbocycles. The Morgan fingerprint density at radius 1 is 1.41 bits per heavy atom. The maximum atomic E-state index is 11.6. The molecule has 1 heterocycles. The molecule has 5 nitrogen and oxygen atoms in total. The summed E-state index contributed by atoms with van der Waals surface area (Å²) in [6.07, 6.45) is 0. The van der Waals surface area contributed by atoms with Crippen molar-refractivity contribution in [3.05, 3.63) is 23.5 Å². The topological polar surface area (TPSA) is 63.2 Å². The van der Waals surface area contributed by atoms with Crippen molar-refractivity contribution in [2.75, 3.05) is 32.1 Å². The van der Waals surface area contributed by atoms with Gasteiger partial charge in [0, 0.05) is 19.3 Å². The van der Waals surface area contributed by atoms with Crippen molar-refractivity contribution in [1.82, 2.24) is 10.3 Å². The molecule has 17 heavy (non-hydrogen) atoms. The molecule has 0 aliphatic rings. The van der Waals surface area contributed by atoms with Crippen LogP contribution in [0.3, 0.4) is 0 Å². The highest BCUT2D eigenvalue weighted by atomic mass is 16.5. The molecule has 0 unspecified atom stereocenters. The molecule has 2 N–H and O–H groups in total.